The van der Waals surface area contributed by atoms with E-state index in [9.17, 15) is 8.42 Å². The molecule has 1 atom stereocenters. The summed E-state index contributed by atoms with van der Waals surface area (Å²) in [5.41, 5.74) is 1.59. The van der Waals surface area contributed by atoms with Gasteiger partial charge in [-0.1, -0.05) is 30.3 Å². The number of nitrogens with one attached hydrogen (secondary N) is 1. The van der Waals surface area contributed by atoms with Crippen LogP contribution in [-0.4, -0.2) is 22.5 Å². The van der Waals surface area contributed by atoms with Crippen LogP contribution < -0.4 is 9.62 Å². The highest BCUT2D eigenvalue weighted by atomic mass is 32.2. The van der Waals surface area contributed by atoms with Gasteiger partial charge >= 0.3 is 0 Å². The molecule has 1 unspecified atom stereocenters. The van der Waals surface area contributed by atoms with Crippen molar-refractivity contribution >= 4 is 15.7 Å². The number of nitrogens with zero attached hydrogens (tertiary/aromatic N) is 1. The van der Waals surface area contributed by atoms with Gasteiger partial charge in [-0.15, -0.1) is 0 Å². The highest BCUT2D eigenvalue weighted by Gasteiger charge is 2.21. The summed E-state index contributed by atoms with van der Waals surface area (Å²) in [7, 11) is -0.133. The topological polar surface area (TPSA) is 49.4 Å². The Bertz CT molecular complexity index is 699. The number of sulfonamides is 1. The van der Waals surface area contributed by atoms with Crippen LogP contribution in [0.4, 0.5) is 5.69 Å². The normalized spacial score (nSPS) is 12.9. The molecule has 0 bridgehead atoms. The molecule has 2 aromatic rings. The van der Waals surface area contributed by atoms with Crippen molar-refractivity contribution in [1.82, 2.24) is 5.32 Å². The summed E-state index contributed by atoms with van der Waals surface area (Å²) in [6, 6.07) is 16.2. The first-order valence-electron chi connectivity index (χ1n) is 6.78. The van der Waals surface area contributed by atoms with Crippen molar-refractivity contribution in [3.63, 3.8) is 0 Å². The summed E-state index contributed by atoms with van der Waals surface area (Å²) in [5.74, 6) is 0. The Morgan fingerprint density at radius 1 is 1.05 bits per heavy atom. The number of hydrogen-bond donors (Lipinski definition) is 1. The van der Waals surface area contributed by atoms with E-state index in [0.29, 0.717) is 10.6 Å². The zero-order valence-electron chi connectivity index (χ0n) is 12.4. The minimum atomic E-state index is -3.55. The van der Waals surface area contributed by atoms with Gasteiger partial charge in [0.05, 0.1) is 10.6 Å². The van der Waals surface area contributed by atoms with Gasteiger partial charge in [0.1, 0.15) is 0 Å². The first-order valence-corrected chi connectivity index (χ1v) is 8.22. The van der Waals surface area contributed by atoms with Gasteiger partial charge < -0.3 is 5.32 Å². The van der Waals surface area contributed by atoms with E-state index in [-0.39, 0.29) is 6.04 Å². The monoisotopic (exact) mass is 304 g/mol. The van der Waals surface area contributed by atoms with E-state index in [1.165, 1.54) is 4.31 Å². The van der Waals surface area contributed by atoms with Crippen LogP contribution in [0.15, 0.2) is 59.5 Å². The van der Waals surface area contributed by atoms with Gasteiger partial charge in [0, 0.05) is 13.1 Å². The molecule has 0 spiro atoms. The van der Waals surface area contributed by atoms with Crippen LogP contribution in [0.25, 0.3) is 0 Å². The third-order valence-corrected chi connectivity index (χ3v) is 5.35. The van der Waals surface area contributed by atoms with E-state index in [2.05, 4.69) is 5.32 Å². The van der Waals surface area contributed by atoms with E-state index in [1.807, 2.05) is 38.2 Å². The number of anilines is 1. The van der Waals surface area contributed by atoms with Gasteiger partial charge in [-0.25, -0.2) is 8.42 Å². The molecular weight excluding hydrogens is 284 g/mol. The van der Waals surface area contributed by atoms with Crippen molar-refractivity contribution < 1.29 is 8.42 Å². The molecule has 0 aliphatic carbocycles. The molecular formula is C16H20N2O2S. The number of hydrogen-bond acceptors (Lipinski definition) is 3. The molecule has 4 nitrogen and oxygen atoms in total. The molecule has 0 amide bonds. The van der Waals surface area contributed by atoms with Gasteiger partial charge in [-0.05, 0) is 43.8 Å². The van der Waals surface area contributed by atoms with Gasteiger partial charge in [0.15, 0.2) is 0 Å². The SMILES string of the molecule is CNC(C)c1cccc(S(=O)(=O)N(C)c2ccccc2)c1. The van der Waals surface area contributed by atoms with Crippen LogP contribution in [0.5, 0.6) is 0 Å². The van der Waals surface area contributed by atoms with Gasteiger partial charge in [0.2, 0.25) is 0 Å². The molecule has 1 N–H and O–H groups in total. The number of benzene rings is 2. The molecule has 0 aliphatic rings. The highest BCUT2D eigenvalue weighted by molar-refractivity contribution is 7.92. The predicted octanol–water partition coefficient (Wildman–Crippen LogP) is 2.79. The fraction of sp³-hybridized carbons (Fsp3) is 0.250. The van der Waals surface area contributed by atoms with E-state index in [0.717, 1.165) is 5.56 Å². The second-order valence-corrected chi connectivity index (χ2v) is 6.86. The Hall–Kier alpha value is -1.85. The molecule has 0 heterocycles. The molecule has 112 valence electrons. The standard InChI is InChI=1S/C16H20N2O2S/c1-13(17-2)14-8-7-11-16(12-14)21(19,20)18(3)15-9-5-4-6-10-15/h4-13,17H,1-3H3. The zero-order valence-corrected chi connectivity index (χ0v) is 13.3. The van der Waals surface area contributed by atoms with Crippen LogP contribution in [0.2, 0.25) is 0 Å². The molecule has 21 heavy (non-hydrogen) atoms. The maximum Gasteiger partial charge on any atom is 0.264 e. The maximum absolute atomic E-state index is 12.7. The van der Waals surface area contributed by atoms with E-state index >= 15 is 0 Å². The van der Waals surface area contributed by atoms with Crippen molar-refractivity contribution in [3.05, 3.63) is 60.2 Å². The van der Waals surface area contributed by atoms with Crippen molar-refractivity contribution in [2.45, 2.75) is 17.9 Å². The minimum absolute atomic E-state index is 0.0992. The van der Waals surface area contributed by atoms with Crippen LogP contribution in [0, 0.1) is 0 Å². The smallest absolute Gasteiger partial charge is 0.264 e. The Labute approximate surface area is 126 Å². The molecule has 5 heteroatoms. The third kappa shape index (κ3) is 3.25. The van der Waals surface area contributed by atoms with Crippen LogP contribution >= 0.6 is 0 Å². The second kappa shape index (κ2) is 6.28. The summed E-state index contributed by atoms with van der Waals surface area (Å²) in [4.78, 5) is 0.299. The van der Waals surface area contributed by atoms with Gasteiger partial charge in [-0.3, -0.25) is 4.31 Å². The quantitative estimate of drug-likeness (QED) is 0.924. The lowest BCUT2D eigenvalue weighted by Gasteiger charge is -2.20. The third-order valence-electron chi connectivity index (χ3n) is 3.57. The summed E-state index contributed by atoms with van der Waals surface area (Å²) in [5, 5.41) is 3.11. The average molecular weight is 304 g/mol. The fourth-order valence-corrected chi connectivity index (χ4v) is 3.30. The van der Waals surface area contributed by atoms with E-state index < -0.39 is 10.0 Å². The average Bonchev–Trinajstić information content (AvgIpc) is 2.54. The Morgan fingerprint density at radius 2 is 1.71 bits per heavy atom. The van der Waals surface area contributed by atoms with Crippen LogP contribution in [0.3, 0.4) is 0 Å². The first kappa shape index (κ1) is 15.5. The molecule has 0 aliphatic heterocycles. The molecule has 0 saturated heterocycles. The number of rotatable bonds is 5. The zero-order chi connectivity index (χ0) is 15.5. The predicted molar refractivity (Wildman–Crippen MR) is 85.9 cm³/mol. The largest absolute Gasteiger partial charge is 0.313 e. The lowest BCUT2D eigenvalue weighted by Crippen LogP contribution is -2.26. The molecule has 0 saturated carbocycles. The van der Waals surface area contributed by atoms with Crippen LogP contribution in [0.1, 0.15) is 18.5 Å². The second-order valence-electron chi connectivity index (χ2n) is 4.89. The van der Waals surface area contributed by atoms with Crippen molar-refractivity contribution in [2.75, 3.05) is 18.4 Å². The number of para-hydroxylation sites is 1. The first-order chi connectivity index (χ1) is 9.96. The molecule has 2 rings (SSSR count). The Kier molecular flexibility index (Phi) is 4.65. The van der Waals surface area contributed by atoms with Crippen molar-refractivity contribution in [2.24, 2.45) is 0 Å². The minimum Gasteiger partial charge on any atom is -0.313 e. The Balaban J connectivity index is 2.40. The summed E-state index contributed by atoms with van der Waals surface area (Å²) in [6.07, 6.45) is 0. The van der Waals surface area contributed by atoms with Crippen molar-refractivity contribution in [1.29, 1.82) is 0 Å². The summed E-state index contributed by atoms with van der Waals surface area (Å²) in [6.45, 7) is 1.99. The lowest BCUT2D eigenvalue weighted by atomic mass is 10.1. The van der Waals surface area contributed by atoms with E-state index in [4.69, 9.17) is 0 Å². The highest BCUT2D eigenvalue weighted by Crippen LogP contribution is 2.23. The van der Waals surface area contributed by atoms with Crippen LogP contribution in [-0.2, 0) is 10.0 Å². The van der Waals surface area contributed by atoms with E-state index in [1.54, 1.807) is 37.4 Å². The Morgan fingerprint density at radius 3 is 2.33 bits per heavy atom. The molecule has 2 aromatic carbocycles. The molecule has 0 radical (unpaired) electrons. The van der Waals surface area contributed by atoms with Gasteiger partial charge in [0.25, 0.3) is 10.0 Å². The molecule has 0 aromatic heterocycles. The maximum atomic E-state index is 12.7. The van der Waals surface area contributed by atoms with Crippen molar-refractivity contribution in [3.8, 4) is 0 Å². The summed E-state index contributed by atoms with van der Waals surface area (Å²) >= 11 is 0. The van der Waals surface area contributed by atoms with Gasteiger partial charge in [-0.2, -0.15) is 0 Å². The summed E-state index contributed by atoms with van der Waals surface area (Å²) < 4.78 is 26.7. The fourth-order valence-electron chi connectivity index (χ4n) is 2.05. The lowest BCUT2D eigenvalue weighted by molar-refractivity contribution is 0.593. The molecule has 0 fully saturated rings.